The maximum atomic E-state index is 13.6. The Balaban J connectivity index is 1.97. The first kappa shape index (κ1) is 14.8. The van der Waals surface area contributed by atoms with Crippen molar-refractivity contribution in [1.29, 1.82) is 0 Å². The van der Waals surface area contributed by atoms with Crippen molar-refractivity contribution in [1.82, 2.24) is 10.4 Å². The summed E-state index contributed by atoms with van der Waals surface area (Å²) in [7, 11) is 1.52. The number of nitrogens with zero attached hydrogens (tertiary/aromatic N) is 1. The molecule has 0 radical (unpaired) electrons. The second-order valence-electron chi connectivity index (χ2n) is 4.81. The number of halogens is 4. The minimum Gasteiger partial charge on any atom is -0.281 e. The number of alkyl halides is 3. The van der Waals surface area contributed by atoms with E-state index in [0.29, 0.717) is 6.07 Å². The first-order valence-corrected chi connectivity index (χ1v) is 6.15. The van der Waals surface area contributed by atoms with E-state index in [9.17, 15) is 22.4 Å². The van der Waals surface area contributed by atoms with Crippen LogP contribution < -0.4 is 5.43 Å². The Labute approximate surface area is 113 Å². The maximum absolute atomic E-state index is 13.6. The van der Waals surface area contributed by atoms with Crippen LogP contribution in [-0.4, -0.2) is 18.0 Å². The molecule has 1 aromatic carbocycles. The maximum Gasteiger partial charge on any atom is 0.416 e. The molecule has 1 amide bonds. The van der Waals surface area contributed by atoms with Crippen molar-refractivity contribution in [2.24, 2.45) is 5.92 Å². The van der Waals surface area contributed by atoms with Gasteiger partial charge in [0.25, 0.3) is 0 Å². The zero-order valence-corrected chi connectivity index (χ0v) is 10.8. The number of benzene rings is 1. The summed E-state index contributed by atoms with van der Waals surface area (Å²) >= 11 is 0. The Morgan fingerprint density at radius 2 is 2.05 bits per heavy atom. The molecule has 0 aliphatic heterocycles. The Morgan fingerprint density at radius 1 is 1.40 bits per heavy atom. The molecule has 2 rings (SSSR count). The van der Waals surface area contributed by atoms with Crippen molar-refractivity contribution in [3.8, 4) is 0 Å². The summed E-state index contributed by atoms with van der Waals surface area (Å²) < 4.78 is 50.7. The lowest BCUT2D eigenvalue weighted by molar-refractivity contribution is -0.137. The van der Waals surface area contributed by atoms with E-state index < -0.39 is 17.6 Å². The summed E-state index contributed by atoms with van der Waals surface area (Å²) in [5.41, 5.74) is 1.73. The highest BCUT2D eigenvalue weighted by atomic mass is 19.4. The average Bonchev–Trinajstić information content (AvgIpc) is 3.19. The van der Waals surface area contributed by atoms with E-state index >= 15 is 0 Å². The number of hydrogen-bond donors (Lipinski definition) is 1. The molecule has 3 nitrogen and oxygen atoms in total. The molecular weight excluding hydrogens is 276 g/mol. The Kier molecular flexibility index (Phi) is 3.99. The van der Waals surface area contributed by atoms with Gasteiger partial charge in [-0.15, -0.1) is 0 Å². The molecule has 0 saturated heterocycles. The minimum absolute atomic E-state index is 0.0185. The van der Waals surface area contributed by atoms with Crippen molar-refractivity contribution >= 4 is 5.91 Å². The van der Waals surface area contributed by atoms with Gasteiger partial charge in [0, 0.05) is 25.1 Å². The molecule has 0 unspecified atom stereocenters. The Bertz CT molecular complexity index is 512. The molecule has 0 spiro atoms. The first-order valence-electron chi connectivity index (χ1n) is 6.15. The van der Waals surface area contributed by atoms with Gasteiger partial charge in [-0.25, -0.2) is 9.82 Å². The fourth-order valence-corrected chi connectivity index (χ4v) is 1.75. The molecule has 1 aromatic rings. The molecule has 1 saturated carbocycles. The predicted molar refractivity (Wildman–Crippen MR) is 63.7 cm³/mol. The van der Waals surface area contributed by atoms with Crippen molar-refractivity contribution in [3.63, 3.8) is 0 Å². The van der Waals surface area contributed by atoms with E-state index in [4.69, 9.17) is 0 Å². The number of hydrazine groups is 1. The van der Waals surface area contributed by atoms with Gasteiger partial charge in [-0.2, -0.15) is 13.2 Å². The van der Waals surface area contributed by atoms with Gasteiger partial charge in [0.15, 0.2) is 0 Å². The monoisotopic (exact) mass is 290 g/mol. The topological polar surface area (TPSA) is 32.3 Å². The van der Waals surface area contributed by atoms with Crippen LogP contribution in [0.15, 0.2) is 18.2 Å². The molecule has 0 bridgehead atoms. The Hall–Kier alpha value is -1.63. The summed E-state index contributed by atoms with van der Waals surface area (Å²) in [5.74, 6) is -1.01. The first-order chi connectivity index (χ1) is 9.29. The van der Waals surface area contributed by atoms with E-state index in [1.54, 1.807) is 0 Å². The lowest BCUT2D eigenvalue weighted by Gasteiger charge is -2.18. The fraction of sp³-hybridized carbons (Fsp3) is 0.462. The van der Waals surface area contributed by atoms with Crippen molar-refractivity contribution < 1.29 is 22.4 Å². The normalized spacial score (nSPS) is 15.2. The molecule has 1 fully saturated rings. The van der Waals surface area contributed by atoms with E-state index in [0.717, 1.165) is 25.0 Å². The quantitative estimate of drug-likeness (QED) is 0.683. The standard InChI is InChI=1S/C13H14F4N2O/c1-19(12(20)8-2-3-8)18-7-9-4-5-10(6-11(9)14)13(15,16)17/h4-6,8,18H,2-3,7H2,1H3. The Morgan fingerprint density at radius 3 is 2.55 bits per heavy atom. The lowest BCUT2D eigenvalue weighted by Crippen LogP contribution is -2.40. The molecule has 7 heteroatoms. The smallest absolute Gasteiger partial charge is 0.281 e. The lowest BCUT2D eigenvalue weighted by atomic mass is 10.1. The molecule has 0 atom stereocenters. The van der Waals surface area contributed by atoms with E-state index in [1.165, 1.54) is 12.1 Å². The fourth-order valence-electron chi connectivity index (χ4n) is 1.75. The highest BCUT2D eigenvalue weighted by Crippen LogP contribution is 2.31. The van der Waals surface area contributed by atoms with Crippen LogP contribution in [0, 0.1) is 11.7 Å². The number of nitrogens with one attached hydrogen (secondary N) is 1. The van der Waals surface area contributed by atoms with Gasteiger partial charge in [-0.1, -0.05) is 6.07 Å². The molecule has 1 N–H and O–H groups in total. The SMILES string of the molecule is CN(NCc1ccc(C(F)(F)F)cc1F)C(=O)C1CC1. The minimum atomic E-state index is -4.56. The molecule has 110 valence electrons. The number of carbonyl (C=O) groups excluding carboxylic acids is 1. The van der Waals surface area contributed by atoms with Crippen LogP contribution in [-0.2, 0) is 17.5 Å². The number of carbonyl (C=O) groups is 1. The molecule has 0 heterocycles. The summed E-state index contributed by atoms with van der Waals surface area (Å²) in [5, 5.41) is 1.26. The van der Waals surface area contributed by atoms with E-state index in [2.05, 4.69) is 5.43 Å². The molecular formula is C13H14F4N2O. The van der Waals surface area contributed by atoms with Gasteiger partial charge in [-0.3, -0.25) is 9.80 Å². The van der Waals surface area contributed by atoms with Crippen LogP contribution in [0.3, 0.4) is 0 Å². The third-order valence-electron chi connectivity index (χ3n) is 3.14. The van der Waals surface area contributed by atoms with Crippen LogP contribution in [0.25, 0.3) is 0 Å². The van der Waals surface area contributed by atoms with Gasteiger partial charge in [0.05, 0.1) is 5.56 Å². The van der Waals surface area contributed by atoms with Crippen LogP contribution in [0.5, 0.6) is 0 Å². The zero-order valence-electron chi connectivity index (χ0n) is 10.8. The zero-order chi connectivity index (χ0) is 14.9. The third kappa shape index (κ3) is 3.47. The molecule has 20 heavy (non-hydrogen) atoms. The summed E-state index contributed by atoms with van der Waals surface area (Å²) in [4.78, 5) is 11.6. The third-order valence-corrected chi connectivity index (χ3v) is 3.14. The van der Waals surface area contributed by atoms with Crippen LogP contribution >= 0.6 is 0 Å². The average molecular weight is 290 g/mol. The molecule has 1 aliphatic carbocycles. The number of rotatable bonds is 4. The number of hydrogen-bond acceptors (Lipinski definition) is 2. The second kappa shape index (κ2) is 5.40. The molecule has 0 aromatic heterocycles. The van der Waals surface area contributed by atoms with Gasteiger partial charge in [0.2, 0.25) is 5.91 Å². The largest absolute Gasteiger partial charge is 0.416 e. The van der Waals surface area contributed by atoms with Crippen LogP contribution in [0.2, 0.25) is 0 Å². The van der Waals surface area contributed by atoms with Gasteiger partial charge >= 0.3 is 6.18 Å². The second-order valence-corrected chi connectivity index (χ2v) is 4.81. The highest BCUT2D eigenvalue weighted by Gasteiger charge is 2.32. The molecule has 1 aliphatic rings. The van der Waals surface area contributed by atoms with E-state index in [-0.39, 0.29) is 23.9 Å². The van der Waals surface area contributed by atoms with Gasteiger partial charge < -0.3 is 0 Å². The van der Waals surface area contributed by atoms with Crippen molar-refractivity contribution in [2.75, 3.05) is 7.05 Å². The van der Waals surface area contributed by atoms with Crippen LogP contribution in [0.4, 0.5) is 17.6 Å². The van der Waals surface area contributed by atoms with Crippen molar-refractivity contribution in [3.05, 3.63) is 35.1 Å². The number of amides is 1. The summed E-state index contributed by atoms with van der Waals surface area (Å²) in [6.07, 6.45) is -2.87. The van der Waals surface area contributed by atoms with Crippen molar-refractivity contribution in [2.45, 2.75) is 25.6 Å². The highest BCUT2D eigenvalue weighted by molar-refractivity contribution is 5.80. The van der Waals surface area contributed by atoms with Crippen LogP contribution in [0.1, 0.15) is 24.0 Å². The summed E-state index contributed by atoms with van der Waals surface area (Å²) in [6.45, 7) is -0.0427. The predicted octanol–water partition coefficient (Wildman–Crippen LogP) is 2.72. The van der Waals surface area contributed by atoms with Gasteiger partial charge in [0.1, 0.15) is 5.82 Å². The van der Waals surface area contributed by atoms with E-state index in [1.807, 2.05) is 0 Å². The van der Waals surface area contributed by atoms with Gasteiger partial charge in [-0.05, 0) is 25.0 Å². The summed E-state index contributed by atoms with van der Waals surface area (Å²) in [6, 6.07) is 2.35.